The normalized spacial score (nSPS) is 23.9. The van der Waals surface area contributed by atoms with Crippen molar-refractivity contribution in [1.29, 1.82) is 0 Å². The Morgan fingerprint density at radius 3 is 3.00 bits per heavy atom. The number of hydrogen-bond donors (Lipinski definition) is 1. The number of anilines is 1. The molecule has 18 heavy (non-hydrogen) atoms. The summed E-state index contributed by atoms with van der Waals surface area (Å²) in [5.41, 5.74) is 0.464. The Labute approximate surface area is 107 Å². The summed E-state index contributed by atoms with van der Waals surface area (Å²) in [6.45, 7) is 1.89. The Hall–Kier alpha value is -1.23. The van der Waals surface area contributed by atoms with Gasteiger partial charge in [-0.2, -0.15) is 0 Å². The van der Waals surface area contributed by atoms with E-state index in [2.05, 4.69) is 15.3 Å². The fraction of sp³-hybridized carbons (Fsp3) is 0.692. The SMILES string of the molecule is CCc1ncnc(NC2CCCC(OC)C2)c1F. The fourth-order valence-corrected chi connectivity index (χ4v) is 2.44. The molecule has 1 aromatic heterocycles. The van der Waals surface area contributed by atoms with E-state index in [0.29, 0.717) is 17.9 Å². The van der Waals surface area contributed by atoms with Crippen LogP contribution in [0.4, 0.5) is 10.2 Å². The number of rotatable bonds is 4. The molecule has 0 aromatic carbocycles. The molecule has 1 saturated carbocycles. The Balaban J connectivity index is 2.04. The minimum atomic E-state index is -0.320. The topological polar surface area (TPSA) is 47.0 Å². The summed E-state index contributed by atoms with van der Waals surface area (Å²) in [4.78, 5) is 7.92. The monoisotopic (exact) mass is 253 g/mol. The lowest BCUT2D eigenvalue weighted by atomic mass is 9.93. The van der Waals surface area contributed by atoms with Crippen LogP contribution in [0.1, 0.15) is 38.3 Å². The van der Waals surface area contributed by atoms with E-state index in [9.17, 15) is 4.39 Å². The summed E-state index contributed by atoms with van der Waals surface area (Å²) >= 11 is 0. The van der Waals surface area contributed by atoms with Gasteiger partial charge in [0.1, 0.15) is 6.33 Å². The van der Waals surface area contributed by atoms with Gasteiger partial charge in [0, 0.05) is 13.2 Å². The van der Waals surface area contributed by atoms with Crippen LogP contribution in [0, 0.1) is 5.82 Å². The predicted octanol–water partition coefficient (Wildman–Crippen LogP) is 2.55. The molecule has 2 rings (SSSR count). The second-order valence-electron chi connectivity index (χ2n) is 4.70. The Bertz CT molecular complexity index is 400. The van der Waals surface area contributed by atoms with E-state index < -0.39 is 0 Å². The average Bonchev–Trinajstić information content (AvgIpc) is 2.41. The molecule has 0 radical (unpaired) electrons. The number of aromatic nitrogens is 2. The maximum atomic E-state index is 14.0. The van der Waals surface area contributed by atoms with Crippen LogP contribution in [0.15, 0.2) is 6.33 Å². The fourth-order valence-electron chi connectivity index (χ4n) is 2.44. The van der Waals surface area contributed by atoms with E-state index in [1.54, 1.807) is 7.11 Å². The van der Waals surface area contributed by atoms with Crippen molar-refractivity contribution in [3.63, 3.8) is 0 Å². The molecule has 2 atom stereocenters. The molecule has 1 aromatic rings. The van der Waals surface area contributed by atoms with E-state index in [1.807, 2.05) is 6.92 Å². The number of nitrogens with one attached hydrogen (secondary N) is 1. The second-order valence-corrected chi connectivity index (χ2v) is 4.70. The van der Waals surface area contributed by atoms with Gasteiger partial charge in [0.2, 0.25) is 0 Å². The molecule has 1 fully saturated rings. The summed E-state index contributed by atoms with van der Waals surface area (Å²) in [7, 11) is 1.73. The maximum absolute atomic E-state index is 14.0. The Morgan fingerprint density at radius 1 is 1.44 bits per heavy atom. The van der Waals surface area contributed by atoms with Gasteiger partial charge in [0.15, 0.2) is 11.6 Å². The third kappa shape index (κ3) is 2.96. The second kappa shape index (κ2) is 6.09. The number of halogens is 1. The summed E-state index contributed by atoms with van der Waals surface area (Å²) < 4.78 is 19.4. The molecule has 1 aliphatic carbocycles. The zero-order valence-electron chi connectivity index (χ0n) is 10.9. The summed E-state index contributed by atoms with van der Waals surface area (Å²) in [6, 6.07) is 0.234. The quantitative estimate of drug-likeness (QED) is 0.895. The zero-order valence-corrected chi connectivity index (χ0v) is 10.9. The van der Waals surface area contributed by atoms with E-state index in [4.69, 9.17) is 4.74 Å². The van der Waals surface area contributed by atoms with Gasteiger partial charge in [-0.05, 0) is 32.1 Å². The van der Waals surface area contributed by atoms with Crippen molar-refractivity contribution in [2.24, 2.45) is 0 Å². The Kier molecular flexibility index (Phi) is 4.47. The Morgan fingerprint density at radius 2 is 2.28 bits per heavy atom. The van der Waals surface area contributed by atoms with Crippen LogP contribution >= 0.6 is 0 Å². The highest BCUT2D eigenvalue weighted by Gasteiger charge is 2.23. The van der Waals surface area contributed by atoms with Crippen molar-refractivity contribution in [3.8, 4) is 0 Å². The smallest absolute Gasteiger partial charge is 0.186 e. The van der Waals surface area contributed by atoms with Crippen LogP contribution in [0.25, 0.3) is 0 Å². The lowest BCUT2D eigenvalue weighted by Crippen LogP contribution is -2.31. The van der Waals surface area contributed by atoms with E-state index in [0.717, 1.165) is 25.7 Å². The van der Waals surface area contributed by atoms with Crippen LogP contribution < -0.4 is 5.32 Å². The molecule has 0 amide bonds. The molecular formula is C13H20FN3O. The first-order valence-electron chi connectivity index (χ1n) is 6.53. The molecule has 2 unspecified atom stereocenters. The van der Waals surface area contributed by atoms with Crippen LogP contribution in [0.2, 0.25) is 0 Å². The number of methoxy groups -OCH3 is 1. The molecule has 100 valence electrons. The molecule has 1 aliphatic rings. The third-order valence-corrected chi connectivity index (χ3v) is 3.50. The number of hydrogen-bond acceptors (Lipinski definition) is 4. The third-order valence-electron chi connectivity index (χ3n) is 3.50. The molecule has 4 nitrogen and oxygen atoms in total. The first kappa shape index (κ1) is 13.2. The van der Waals surface area contributed by atoms with Crippen LogP contribution in [0.3, 0.4) is 0 Å². The minimum Gasteiger partial charge on any atom is -0.381 e. The standard InChI is InChI=1S/C13H20FN3O/c1-3-11-12(14)13(16-8-15-11)17-9-5-4-6-10(7-9)18-2/h8-10H,3-7H2,1-2H3,(H,15,16,17). The number of ether oxygens (including phenoxy) is 1. The molecule has 5 heteroatoms. The number of aryl methyl sites for hydroxylation is 1. The molecule has 1 heterocycles. The first-order valence-corrected chi connectivity index (χ1v) is 6.53. The lowest BCUT2D eigenvalue weighted by Gasteiger charge is -2.29. The van der Waals surface area contributed by atoms with E-state index in [1.165, 1.54) is 6.33 Å². The van der Waals surface area contributed by atoms with Gasteiger partial charge in [0.05, 0.1) is 11.8 Å². The molecular weight excluding hydrogens is 233 g/mol. The molecule has 0 saturated heterocycles. The van der Waals surface area contributed by atoms with Crippen LogP contribution in [-0.4, -0.2) is 29.2 Å². The molecule has 0 bridgehead atoms. The zero-order chi connectivity index (χ0) is 13.0. The van der Waals surface area contributed by atoms with Gasteiger partial charge in [-0.1, -0.05) is 6.92 Å². The van der Waals surface area contributed by atoms with Gasteiger partial charge in [-0.25, -0.2) is 14.4 Å². The molecule has 1 N–H and O–H groups in total. The van der Waals surface area contributed by atoms with Crippen LogP contribution in [-0.2, 0) is 11.2 Å². The van der Waals surface area contributed by atoms with Gasteiger partial charge >= 0.3 is 0 Å². The predicted molar refractivity (Wildman–Crippen MR) is 68.0 cm³/mol. The van der Waals surface area contributed by atoms with Crippen LogP contribution in [0.5, 0.6) is 0 Å². The van der Waals surface area contributed by atoms with Crippen molar-refractivity contribution in [2.45, 2.75) is 51.2 Å². The highest BCUT2D eigenvalue weighted by molar-refractivity contribution is 5.38. The maximum Gasteiger partial charge on any atom is 0.186 e. The average molecular weight is 253 g/mol. The van der Waals surface area contributed by atoms with Crippen molar-refractivity contribution in [3.05, 3.63) is 17.8 Å². The number of nitrogens with zero attached hydrogens (tertiary/aromatic N) is 2. The van der Waals surface area contributed by atoms with Crippen molar-refractivity contribution < 1.29 is 9.13 Å². The molecule has 0 spiro atoms. The lowest BCUT2D eigenvalue weighted by molar-refractivity contribution is 0.0668. The van der Waals surface area contributed by atoms with Gasteiger partial charge in [-0.15, -0.1) is 0 Å². The molecule has 0 aliphatic heterocycles. The summed E-state index contributed by atoms with van der Waals surface area (Å²) in [6.07, 6.45) is 6.39. The van der Waals surface area contributed by atoms with Crippen molar-refractivity contribution in [1.82, 2.24) is 9.97 Å². The minimum absolute atomic E-state index is 0.234. The highest BCUT2D eigenvalue weighted by atomic mass is 19.1. The van der Waals surface area contributed by atoms with Gasteiger partial charge in [-0.3, -0.25) is 0 Å². The largest absolute Gasteiger partial charge is 0.381 e. The van der Waals surface area contributed by atoms with Gasteiger partial charge in [0.25, 0.3) is 0 Å². The first-order chi connectivity index (χ1) is 8.74. The highest BCUT2D eigenvalue weighted by Crippen LogP contribution is 2.24. The van der Waals surface area contributed by atoms with Crippen molar-refractivity contribution >= 4 is 5.82 Å². The summed E-state index contributed by atoms with van der Waals surface area (Å²) in [5, 5.41) is 3.18. The van der Waals surface area contributed by atoms with Gasteiger partial charge < -0.3 is 10.1 Å². The van der Waals surface area contributed by atoms with E-state index in [-0.39, 0.29) is 18.0 Å². The van der Waals surface area contributed by atoms with E-state index >= 15 is 0 Å². The van der Waals surface area contributed by atoms with Crippen molar-refractivity contribution in [2.75, 3.05) is 12.4 Å². The summed E-state index contributed by atoms with van der Waals surface area (Å²) in [5.74, 6) is 0.00291.